The van der Waals surface area contributed by atoms with Crippen molar-refractivity contribution in [2.45, 2.75) is 31.8 Å². The Morgan fingerprint density at radius 1 is 1.50 bits per heavy atom. The minimum absolute atomic E-state index is 0.387. The second-order valence-electron chi connectivity index (χ2n) is 5.79. The third-order valence-corrected chi connectivity index (χ3v) is 5.12. The number of aryl methyl sites for hydroxylation is 2. The molecule has 2 saturated heterocycles. The lowest BCUT2D eigenvalue weighted by Gasteiger charge is -2.38. The van der Waals surface area contributed by atoms with Gasteiger partial charge < -0.3 is 10.0 Å². The molecule has 1 aromatic rings. The minimum Gasteiger partial charge on any atom is -0.389 e. The van der Waals surface area contributed by atoms with Gasteiger partial charge in [-0.3, -0.25) is 4.68 Å². The Kier molecular flexibility index (Phi) is 2.92. The lowest BCUT2D eigenvalue weighted by molar-refractivity contribution is -0.0451. The molecule has 3 atom stereocenters. The fourth-order valence-electron chi connectivity index (χ4n) is 3.43. The van der Waals surface area contributed by atoms with Crippen LogP contribution < -0.4 is 0 Å². The second-order valence-corrected chi connectivity index (χ2v) is 6.16. The summed E-state index contributed by atoms with van der Waals surface area (Å²) in [6, 6.07) is 0. The number of aromatic nitrogens is 2. The number of fused-ring (bicyclic) bond motifs is 2. The maximum Gasteiger partial charge on any atom is 0.0848 e. The molecule has 100 valence electrons. The number of rotatable bonds is 2. The van der Waals surface area contributed by atoms with Crippen LogP contribution in [0.5, 0.6) is 0 Å². The quantitative estimate of drug-likeness (QED) is 0.882. The van der Waals surface area contributed by atoms with Crippen molar-refractivity contribution in [3.8, 4) is 0 Å². The molecular formula is C13H20ClN3O. The topological polar surface area (TPSA) is 41.3 Å². The maximum absolute atomic E-state index is 10.9. The fourth-order valence-corrected chi connectivity index (χ4v) is 3.65. The van der Waals surface area contributed by atoms with Crippen molar-refractivity contribution in [1.82, 2.24) is 14.7 Å². The molecule has 0 radical (unpaired) electrons. The fraction of sp³-hybridized carbons (Fsp3) is 0.769. The summed E-state index contributed by atoms with van der Waals surface area (Å²) >= 11 is 6.29. The Balaban J connectivity index is 1.87. The van der Waals surface area contributed by atoms with Crippen molar-refractivity contribution in [3.63, 3.8) is 0 Å². The van der Waals surface area contributed by atoms with Crippen molar-refractivity contribution in [3.05, 3.63) is 16.4 Å². The van der Waals surface area contributed by atoms with E-state index in [0.29, 0.717) is 17.4 Å². The Labute approximate surface area is 113 Å². The summed E-state index contributed by atoms with van der Waals surface area (Å²) in [6.45, 7) is 5.07. The molecule has 18 heavy (non-hydrogen) atoms. The molecule has 3 unspecified atom stereocenters. The summed E-state index contributed by atoms with van der Waals surface area (Å²) in [5.74, 6) is 0.387. The molecule has 3 heterocycles. The van der Waals surface area contributed by atoms with E-state index in [1.165, 1.54) is 0 Å². The Hall–Kier alpha value is -0.580. The van der Waals surface area contributed by atoms with Crippen LogP contribution in [0, 0.1) is 12.8 Å². The highest BCUT2D eigenvalue weighted by Gasteiger charge is 2.45. The van der Waals surface area contributed by atoms with E-state index < -0.39 is 5.60 Å². The van der Waals surface area contributed by atoms with Crippen LogP contribution in [0.4, 0.5) is 0 Å². The highest BCUT2D eigenvalue weighted by molar-refractivity contribution is 6.31. The molecule has 1 aromatic heterocycles. The van der Waals surface area contributed by atoms with Gasteiger partial charge in [-0.25, -0.2) is 0 Å². The average molecular weight is 270 g/mol. The molecule has 2 bridgehead atoms. The summed E-state index contributed by atoms with van der Waals surface area (Å²) in [5.41, 5.74) is 1.22. The van der Waals surface area contributed by atoms with E-state index in [2.05, 4.69) is 10.00 Å². The second kappa shape index (κ2) is 4.22. The molecule has 2 fully saturated rings. The van der Waals surface area contributed by atoms with Crippen molar-refractivity contribution < 1.29 is 5.11 Å². The van der Waals surface area contributed by atoms with Gasteiger partial charge in [-0.1, -0.05) is 11.6 Å². The molecule has 2 aliphatic rings. The molecule has 0 saturated carbocycles. The predicted molar refractivity (Wildman–Crippen MR) is 70.8 cm³/mol. The molecule has 0 aliphatic carbocycles. The van der Waals surface area contributed by atoms with Crippen LogP contribution in [0.1, 0.15) is 24.2 Å². The Bertz CT molecular complexity index is 473. The zero-order valence-corrected chi connectivity index (χ0v) is 11.7. The van der Waals surface area contributed by atoms with Crippen LogP contribution in [0.3, 0.4) is 0 Å². The van der Waals surface area contributed by atoms with Gasteiger partial charge in [-0.15, -0.1) is 0 Å². The van der Waals surface area contributed by atoms with Crippen LogP contribution in [-0.2, 0) is 13.5 Å². The van der Waals surface area contributed by atoms with E-state index in [1.54, 1.807) is 0 Å². The minimum atomic E-state index is -0.600. The number of hydrogen-bond donors (Lipinski definition) is 1. The van der Waals surface area contributed by atoms with E-state index in [4.69, 9.17) is 11.6 Å². The van der Waals surface area contributed by atoms with Gasteiger partial charge in [0, 0.05) is 32.5 Å². The van der Waals surface area contributed by atoms with Gasteiger partial charge in [0.2, 0.25) is 0 Å². The van der Waals surface area contributed by atoms with Crippen LogP contribution >= 0.6 is 11.6 Å². The third-order valence-electron chi connectivity index (χ3n) is 4.63. The molecule has 4 nitrogen and oxygen atoms in total. The summed E-state index contributed by atoms with van der Waals surface area (Å²) < 4.78 is 1.82. The van der Waals surface area contributed by atoms with Gasteiger partial charge in [0.15, 0.2) is 0 Å². The summed E-state index contributed by atoms with van der Waals surface area (Å²) in [6.07, 6.45) is 2.57. The SMILES string of the molecule is Cc1nn(C)c(CC2(O)CCN3CCC2C3)c1Cl. The molecule has 0 amide bonds. The van der Waals surface area contributed by atoms with Gasteiger partial charge in [0.25, 0.3) is 0 Å². The average Bonchev–Trinajstić information content (AvgIpc) is 2.84. The van der Waals surface area contributed by atoms with Gasteiger partial charge in [-0.05, 0) is 26.3 Å². The normalized spacial score (nSPS) is 35.1. The zero-order valence-electron chi connectivity index (χ0n) is 11.0. The van der Waals surface area contributed by atoms with E-state index in [1.807, 2.05) is 18.7 Å². The molecule has 3 rings (SSSR count). The smallest absolute Gasteiger partial charge is 0.0848 e. The molecule has 0 aromatic carbocycles. The maximum atomic E-state index is 10.9. The van der Waals surface area contributed by atoms with Crippen molar-refractivity contribution >= 4 is 11.6 Å². The number of hydrogen-bond acceptors (Lipinski definition) is 3. The Morgan fingerprint density at radius 2 is 2.28 bits per heavy atom. The largest absolute Gasteiger partial charge is 0.389 e. The Morgan fingerprint density at radius 3 is 2.94 bits per heavy atom. The zero-order chi connectivity index (χ0) is 12.9. The number of aliphatic hydroxyl groups is 1. The summed E-state index contributed by atoms with van der Waals surface area (Å²) in [5, 5.41) is 16.0. The first-order chi connectivity index (χ1) is 8.49. The highest BCUT2D eigenvalue weighted by Crippen LogP contribution is 2.39. The summed E-state index contributed by atoms with van der Waals surface area (Å²) in [4.78, 5) is 2.44. The predicted octanol–water partition coefficient (Wildman–Crippen LogP) is 1.38. The van der Waals surface area contributed by atoms with Crippen LogP contribution in [0.15, 0.2) is 0 Å². The van der Waals surface area contributed by atoms with Crippen molar-refractivity contribution in [2.75, 3.05) is 19.6 Å². The van der Waals surface area contributed by atoms with E-state index in [-0.39, 0.29) is 0 Å². The van der Waals surface area contributed by atoms with Crippen molar-refractivity contribution in [2.24, 2.45) is 13.0 Å². The first kappa shape index (κ1) is 12.5. The molecule has 0 spiro atoms. The van der Waals surface area contributed by atoms with Gasteiger partial charge in [0.05, 0.1) is 22.0 Å². The monoisotopic (exact) mass is 269 g/mol. The van der Waals surface area contributed by atoms with Gasteiger partial charge in [-0.2, -0.15) is 5.10 Å². The van der Waals surface area contributed by atoms with E-state index in [0.717, 1.165) is 43.9 Å². The first-order valence-corrected chi connectivity index (χ1v) is 7.00. The van der Waals surface area contributed by atoms with Gasteiger partial charge in [0.1, 0.15) is 0 Å². The van der Waals surface area contributed by atoms with Crippen LogP contribution in [0.25, 0.3) is 0 Å². The molecular weight excluding hydrogens is 250 g/mol. The summed E-state index contributed by atoms with van der Waals surface area (Å²) in [7, 11) is 1.90. The number of halogens is 1. The van der Waals surface area contributed by atoms with Crippen LogP contribution in [-0.4, -0.2) is 45.0 Å². The van der Waals surface area contributed by atoms with E-state index in [9.17, 15) is 5.11 Å². The number of piperidine rings is 1. The standard InChI is InChI=1S/C13H20ClN3O/c1-9-12(14)11(16(2)15-9)7-13(18)4-6-17-5-3-10(13)8-17/h10,18H,3-8H2,1-2H3. The molecule has 1 N–H and O–H groups in total. The number of nitrogens with zero attached hydrogens (tertiary/aromatic N) is 3. The third kappa shape index (κ3) is 1.87. The lowest BCUT2D eigenvalue weighted by atomic mass is 9.79. The van der Waals surface area contributed by atoms with Gasteiger partial charge >= 0.3 is 0 Å². The lowest BCUT2D eigenvalue weighted by Crippen LogP contribution is -2.48. The van der Waals surface area contributed by atoms with Crippen molar-refractivity contribution in [1.29, 1.82) is 0 Å². The molecule has 5 heteroatoms. The highest BCUT2D eigenvalue weighted by atomic mass is 35.5. The van der Waals surface area contributed by atoms with E-state index >= 15 is 0 Å². The first-order valence-electron chi connectivity index (χ1n) is 6.62. The van der Waals surface area contributed by atoms with Crippen LogP contribution in [0.2, 0.25) is 5.02 Å². The molecule has 2 aliphatic heterocycles.